The van der Waals surface area contributed by atoms with E-state index in [1.165, 1.54) is 12.1 Å². The van der Waals surface area contributed by atoms with E-state index in [2.05, 4.69) is 4.98 Å². The fraction of sp³-hybridized carbons (Fsp3) is 0.357. The Kier molecular flexibility index (Phi) is 2.88. The normalized spacial score (nSPS) is 16.8. The topological polar surface area (TPSA) is 38.1 Å². The first-order valence-electron chi connectivity index (χ1n) is 6.18. The molecule has 1 saturated carbocycles. The quantitative estimate of drug-likeness (QED) is 0.900. The second-order valence-electron chi connectivity index (χ2n) is 4.81. The third-order valence-electron chi connectivity index (χ3n) is 3.30. The molecule has 1 aromatic heterocycles. The van der Waals surface area contributed by atoms with E-state index in [1.54, 1.807) is 18.6 Å². The Balaban J connectivity index is 1.78. The highest BCUT2D eigenvalue weighted by atomic mass is 19.1. The SMILES string of the molecule is OC(Cc1cccc(F)c1)c1cncn1C1CC1. The molecule has 1 heterocycles. The number of benzene rings is 1. The van der Waals surface area contributed by atoms with Crippen LogP contribution in [0.25, 0.3) is 0 Å². The fourth-order valence-corrected chi connectivity index (χ4v) is 2.22. The summed E-state index contributed by atoms with van der Waals surface area (Å²) in [7, 11) is 0. The summed E-state index contributed by atoms with van der Waals surface area (Å²) >= 11 is 0. The number of halogens is 1. The highest BCUT2D eigenvalue weighted by molar-refractivity contribution is 5.19. The van der Waals surface area contributed by atoms with Gasteiger partial charge in [0.15, 0.2) is 0 Å². The van der Waals surface area contributed by atoms with Gasteiger partial charge >= 0.3 is 0 Å². The van der Waals surface area contributed by atoms with E-state index in [0.717, 1.165) is 24.1 Å². The largest absolute Gasteiger partial charge is 0.386 e. The molecule has 0 bridgehead atoms. The van der Waals surface area contributed by atoms with Gasteiger partial charge in [-0.1, -0.05) is 12.1 Å². The molecular weight excluding hydrogens is 231 g/mol. The maximum Gasteiger partial charge on any atom is 0.123 e. The van der Waals surface area contributed by atoms with Crippen molar-refractivity contribution in [1.82, 2.24) is 9.55 Å². The number of hydrogen-bond acceptors (Lipinski definition) is 2. The predicted octanol–water partition coefficient (Wildman–Crippen LogP) is 2.63. The van der Waals surface area contributed by atoms with Crippen LogP contribution in [0.4, 0.5) is 4.39 Å². The standard InChI is InChI=1S/C14H15FN2O/c15-11-3-1-2-10(6-11)7-14(18)13-8-16-9-17(13)12-4-5-12/h1-3,6,8-9,12,14,18H,4-5,7H2. The highest BCUT2D eigenvalue weighted by Crippen LogP contribution is 2.37. The molecule has 1 aromatic carbocycles. The molecule has 3 nitrogen and oxygen atoms in total. The van der Waals surface area contributed by atoms with Gasteiger partial charge in [0.2, 0.25) is 0 Å². The predicted molar refractivity (Wildman–Crippen MR) is 65.6 cm³/mol. The Bertz CT molecular complexity index is 548. The van der Waals surface area contributed by atoms with Crippen LogP contribution in [0, 0.1) is 5.82 Å². The molecule has 18 heavy (non-hydrogen) atoms. The van der Waals surface area contributed by atoms with Crippen LogP contribution in [-0.4, -0.2) is 14.7 Å². The number of hydrogen-bond donors (Lipinski definition) is 1. The van der Waals surface area contributed by atoms with Crippen molar-refractivity contribution in [2.24, 2.45) is 0 Å². The summed E-state index contributed by atoms with van der Waals surface area (Å²) in [5.41, 5.74) is 1.62. The lowest BCUT2D eigenvalue weighted by molar-refractivity contribution is 0.168. The van der Waals surface area contributed by atoms with E-state index in [4.69, 9.17) is 0 Å². The number of imidazole rings is 1. The Morgan fingerprint density at radius 2 is 2.28 bits per heavy atom. The van der Waals surface area contributed by atoms with Crippen LogP contribution in [0.2, 0.25) is 0 Å². The number of aliphatic hydroxyl groups excluding tert-OH is 1. The van der Waals surface area contributed by atoms with Gasteiger partial charge in [-0.25, -0.2) is 9.37 Å². The van der Waals surface area contributed by atoms with Crippen molar-refractivity contribution < 1.29 is 9.50 Å². The number of nitrogens with zero attached hydrogens (tertiary/aromatic N) is 2. The summed E-state index contributed by atoms with van der Waals surface area (Å²) < 4.78 is 15.1. The molecule has 0 spiro atoms. The summed E-state index contributed by atoms with van der Waals surface area (Å²) in [5, 5.41) is 10.2. The Morgan fingerprint density at radius 1 is 1.44 bits per heavy atom. The van der Waals surface area contributed by atoms with Gasteiger partial charge in [0.05, 0.1) is 24.3 Å². The Hall–Kier alpha value is -1.68. The summed E-state index contributed by atoms with van der Waals surface area (Å²) in [6.45, 7) is 0. The van der Waals surface area contributed by atoms with Crippen molar-refractivity contribution in [3.63, 3.8) is 0 Å². The number of aliphatic hydroxyl groups is 1. The average Bonchev–Trinajstić information content (AvgIpc) is 3.06. The van der Waals surface area contributed by atoms with E-state index in [9.17, 15) is 9.50 Å². The zero-order valence-electron chi connectivity index (χ0n) is 9.96. The molecule has 3 rings (SSSR count). The van der Waals surface area contributed by atoms with Crippen LogP contribution < -0.4 is 0 Å². The first-order valence-corrected chi connectivity index (χ1v) is 6.18. The molecule has 0 aliphatic heterocycles. The molecule has 0 radical (unpaired) electrons. The lowest BCUT2D eigenvalue weighted by Crippen LogP contribution is -2.08. The summed E-state index contributed by atoms with van der Waals surface area (Å²) in [5.74, 6) is -0.268. The molecule has 0 amide bonds. The highest BCUT2D eigenvalue weighted by Gasteiger charge is 2.27. The van der Waals surface area contributed by atoms with Gasteiger partial charge in [-0.05, 0) is 30.5 Å². The van der Waals surface area contributed by atoms with Gasteiger partial charge in [-0.15, -0.1) is 0 Å². The van der Waals surface area contributed by atoms with Crippen molar-refractivity contribution in [1.29, 1.82) is 0 Å². The van der Waals surface area contributed by atoms with Gasteiger partial charge in [0, 0.05) is 12.5 Å². The minimum Gasteiger partial charge on any atom is -0.386 e. The number of aromatic nitrogens is 2. The maximum absolute atomic E-state index is 13.1. The van der Waals surface area contributed by atoms with E-state index in [1.807, 2.05) is 10.6 Å². The van der Waals surface area contributed by atoms with Crippen LogP contribution in [0.3, 0.4) is 0 Å². The average molecular weight is 246 g/mol. The summed E-state index contributed by atoms with van der Waals surface area (Å²) in [6.07, 6.45) is 5.54. The first-order chi connectivity index (χ1) is 8.74. The van der Waals surface area contributed by atoms with Crippen LogP contribution in [0.15, 0.2) is 36.8 Å². The van der Waals surface area contributed by atoms with Gasteiger partial charge in [0.1, 0.15) is 5.82 Å². The van der Waals surface area contributed by atoms with Crippen LogP contribution in [0.5, 0.6) is 0 Å². The first kappa shape index (κ1) is 11.4. The molecule has 1 fully saturated rings. The molecule has 0 saturated heterocycles. The Morgan fingerprint density at radius 3 is 3.00 bits per heavy atom. The summed E-state index contributed by atoms with van der Waals surface area (Å²) in [4.78, 5) is 4.09. The molecule has 4 heteroatoms. The molecular formula is C14H15FN2O. The lowest BCUT2D eigenvalue weighted by Gasteiger charge is -2.13. The summed E-state index contributed by atoms with van der Waals surface area (Å²) in [6, 6.07) is 6.84. The molecule has 2 aromatic rings. The molecule has 1 unspecified atom stereocenters. The van der Waals surface area contributed by atoms with Crippen molar-refractivity contribution in [3.05, 3.63) is 53.9 Å². The molecule has 1 aliphatic carbocycles. The van der Waals surface area contributed by atoms with E-state index in [0.29, 0.717) is 12.5 Å². The monoisotopic (exact) mass is 246 g/mol. The van der Waals surface area contributed by atoms with Crippen molar-refractivity contribution >= 4 is 0 Å². The van der Waals surface area contributed by atoms with Crippen LogP contribution in [-0.2, 0) is 6.42 Å². The minimum atomic E-state index is -0.630. The van der Waals surface area contributed by atoms with Crippen molar-refractivity contribution in [2.45, 2.75) is 31.4 Å². The second kappa shape index (κ2) is 4.53. The van der Waals surface area contributed by atoms with Crippen LogP contribution in [0.1, 0.15) is 36.2 Å². The van der Waals surface area contributed by atoms with E-state index in [-0.39, 0.29) is 5.82 Å². The van der Waals surface area contributed by atoms with Gasteiger partial charge in [0.25, 0.3) is 0 Å². The smallest absolute Gasteiger partial charge is 0.123 e. The number of rotatable bonds is 4. The second-order valence-corrected chi connectivity index (χ2v) is 4.81. The van der Waals surface area contributed by atoms with Crippen LogP contribution >= 0.6 is 0 Å². The van der Waals surface area contributed by atoms with Gasteiger partial charge in [-0.3, -0.25) is 0 Å². The zero-order chi connectivity index (χ0) is 12.5. The third kappa shape index (κ3) is 2.29. The zero-order valence-corrected chi connectivity index (χ0v) is 9.96. The molecule has 1 N–H and O–H groups in total. The van der Waals surface area contributed by atoms with Gasteiger partial charge < -0.3 is 9.67 Å². The molecule has 94 valence electrons. The minimum absolute atomic E-state index is 0.268. The maximum atomic E-state index is 13.1. The van der Waals surface area contributed by atoms with Crippen molar-refractivity contribution in [2.75, 3.05) is 0 Å². The van der Waals surface area contributed by atoms with E-state index < -0.39 is 6.10 Å². The lowest BCUT2D eigenvalue weighted by atomic mass is 10.1. The third-order valence-corrected chi connectivity index (χ3v) is 3.30. The van der Waals surface area contributed by atoms with Gasteiger partial charge in [-0.2, -0.15) is 0 Å². The Labute approximate surface area is 105 Å². The molecule has 1 aliphatic rings. The van der Waals surface area contributed by atoms with Crippen molar-refractivity contribution in [3.8, 4) is 0 Å². The molecule has 1 atom stereocenters. The van der Waals surface area contributed by atoms with E-state index >= 15 is 0 Å². The fourth-order valence-electron chi connectivity index (χ4n) is 2.22.